The minimum atomic E-state index is -0.0195. The normalized spacial score (nSPS) is 17.5. The summed E-state index contributed by atoms with van der Waals surface area (Å²) in [7, 11) is 0. The van der Waals surface area contributed by atoms with Crippen molar-refractivity contribution in [3.8, 4) is 11.1 Å². The number of aliphatic imine (C=N–C) groups is 1. The molecule has 4 rings (SSSR count). The zero-order valence-corrected chi connectivity index (χ0v) is 16.6. The minimum Gasteiger partial charge on any atom is -0.465 e. The van der Waals surface area contributed by atoms with E-state index in [1.807, 2.05) is 6.92 Å². The quantitative estimate of drug-likeness (QED) is 0.536. The zero-order valence-electron chi connectivity index (χ0n) is 16.6. The fourth-order valence-corrected chi connectivity index (χ4v) is 4.30. The van der Waals surface area contributed by atoms with Gasteiger partial charge in [0.1, 0.15) is 0 Å². The van der Waals surface area contributed by atoms with E-state index in [2.05, 4.69) is 58.4 Å². The maximum Gasteiger partial charge on any atom is 0.295 e. The Bertz CT molecular complexity index is 821. The average molecular weight is 377 g/mol. The van der Waals surface area contributed by atoms with Crippen LogP contribution in [0.1, 0.15) is 50.2 Å². The van der Waals surface area contributed by atoms with Gasteiger partial charge in [0.05, 0.1) is 6.61 Å². The van der Waals surface area contributed by atoms with Crippen LogP contribution in [0.25, 0.3) is 11.1 Å². The highest BCUT2D eigenvalue weighted by Crippen LogP contribution is 2.33. The van der Waals surface area contributed by atoms with E-state index in [-0.39, 0.29) is 11.8 Å². The molecule has 0 aromatic heterocycles. The summed E-state index contributed by atoms with van der Waals surface area (Å²) < 4.78 is 5.88. The van der Waals surface area contributed by atoms with Crippen LogP contribution in [0.2, 0.25) is 0 Å². The molecule has 1 amide bonds. The third-order valence-electron chi connectivity index (χ3n) is 5.75. The molecule has 0 N–H and O–H groups in total. The molecule has 28 heavy (non-hydrogen) atoms. The van der Waals surface area contributed by atoms with Crippen molar-refractivity contribution in [3.05, 3.63) is 59.7 Å². The van der Waals surface area contributed by atoms with Gasteiger partial charge < -0.3 is 9.64 Å². The lowest BCUT2D eigenvalue weighted by Gasteiger charge is -2.25. The van der Waals surface area contributed by atoms with Crippen molar-refractivity contribution < 1.29 is 9.53 Å². The van der Waals surface area contributed by atoms with Crippen LogP contribution < -0.4 is 0 Å². The van der Waals surface area contributed by atoms with Crippen molar-refractivity contribution in [3.63, 3.8) is 0 Å². The van der Waals surface area contributed by atoms with Gasteiger partial charge in [-0.05, 0) is 42.0 Å². The number of fused-ring (bicyclic) bond motifs is 3. The molecule has 0 bridgehead atoms. The summed E-state index contributed by atoms with van der Waals surface area (Å²) in [6.07, 6.45) is 5.38. The van der Waals surface area contributed by atoms with Crippen LogP contribution in [-0.2, 0) is 22.6 Å². The smallest absolute Gasteiger partial charge is 0.295 e. The van der Waals surface area contributed by atoms with E-state index >= 15 is 0 Å². The van der Waals surface area contributed by atoms with Crippen molar-refractivity contribution in [2.75, 3.05) is 6.61 Å². The lowest BCUT2D eigenvalue weighted by atomic mass is 9.89. The van der Waals surface area contributed by atoms with Gasteiger partial charge in [-0.2, -0.15) is 4.99 Å². The number of hydrogen-bond donors (Lipinski definition) is 0. The lowest BCUT2D eigenvalue weighted by molar-refractivity contribution is -0.122. The summed E-state index contributed by atoms with van der Waals surface area (Å²) in [6, 6.07) is 17.4. The van der Waals surface area contributed by atoms with Crippen LogP contribution in [0, 0.1) is 5.92 Å². The first-order valence-corrected chi connectivity index (χ1v) is 10.4. The molecular formula is C24H28N2O2. The molecule has 2 aromatic carbocycles. The Morgan fingerprint density at radius 2 is 1.54 bits per heavy atom. The molecule has 4 heteroatoms. The predicted octanol–water partition coefficient (Wildman–Crippen LogP) is 5.17. The SMILES string of the molecule is CCO/C(=N\C(=O)C1CCCCC1)N1Cc2ccccc2-c2ccccc2C1. The first-order valence-electron chi connectivity index (χ1n) is 10.4. The average Bonchev–Trinajstić information content (AvgIpc) is 2.91. The number of carbonyl (C=O) groups excluding carboxylic acids is 1. The number of hydrogen-bond acceptors (Lipinski definition) is 2. The molecule has 2 aromatic rings. The first-order chi connectivity index (χ1) is 13.8. The molecule has 1 fully saturated rings. The van der Waals surface area contributed by atoms with Crippen LogP contribution >= 0.6 is 0 Å². The summed E-state index contributed by atoms with van der Waals surface area (Å²) >= 11 is 0. The molecule has 1 aliphatic heterocycles. The summed E-state index contributed by atoms with van der Waals surface area (Å²) in [5.74, 6) is 0.0322. The van der Waals surface area contributed by atoms with E-state index in [4.69, 9.17) is 4.74 Å². The fraction of sp³-hybridized carbons (Fsp3) is 0.417. The van der Waals surface area contributed by atoms with Gasteiger partial charge in [-0.1, -0.05) is 67.8 Å². The van der Waals surface area contributed by atoms with Crippen LogP contribution in [-0.4, -0.2) is 23.4 Å². The molecule has 146 valence electrons. The molecule has 4 nitrogen and oxygen atoms in total. The van der Waals surface area contributed by atoms with Gasteiger partial charge >= 0.3 is 0 Å². The Hall–Kier alpha value is -2.62. The largest absolute Gasteiger partial charge is 0.465 e. The molecule has 2 aliphatic rings. The van der Waals surface area contributed by atoms with Crippen molar-refractivity contribution in [2.45, 2.75) is 52.1 Å². The van der Waals surface area contributed by atoms with Crippen molar-refractivity contribution in [1.29, 1.82) is 0 Å². The van der Waals surface area contributed by atoms with Crippen molar-refractivity contribution in [1.82, 2.24) is 4.90 Å². The number of amides is 1. The van der Waals surface area contributed by atoms with E-state index in [0.717, 1.165) is 25.7 Å². The standard InChI is InChI=1S/C24H28N2O2/c1-2-28-24(25-23(27)18-10-4-3-5-11-18)26-16-19-12-6-8-14-21(19)22-15-9-7-13-20(22)17-26/h6-9,12-15,18H,2-5,10-11,16-17H2,1H3/b25-24-. The maximum atomic E-state index is 12.8. The van der Waals surface area contributed by atoms with Crippen LogP contribution in [0.5, 0.6) is 0 Å². The maximum absolute atomic E-state index is 12.8. The Morgan fingerprint density at radius 1 is 0.964 bits per heavy atom. The summed E-state index contributed by atoms with van der Waals surface area (Å²) in [5, 5.41) is 0. The van der Waals surface area contributed by atoms with Crippen LogP contribution in [0.15, 0.2) is 53.5 Å². The molecule has 0 unspecified atom stereocenters. The third kappa shape index (κ3) is 3.96. The number of benzene rings is 2. The summed E-state index contributed by atoms with van der Waals surface area (Å²) in [6.45, 7) is 3.81. The number of rotatable bonds is 2. The van der Waals surface area contributed by atoms with Crippen LogP contribution in [0.4, 0.5) is 0 Å². The second-order valence-corrected chi connectivity index (χ2v) is 7.67. The van der Waals surface area contributed by atoms with Gasteiger partial charge in [-0.25, -0.2) is 0 Å². The van der Waals surface area contributed by atoms with E-state index in [1.54, 1.807) is 0 Å². The van der Waals surface area contributed by atoms with Crippen LogP contribution in [0.3, 0.4) is 0 Å². The molecule has 0 atom stereocenters. The molecule has 0 saturated heterocycles. The minimum absolute atomic E-state index is 0.0195. The molecule has 1 heterocycles. The highest BCUT2D eigenvalue weighted by atomic mass is 16.5. The van der Waals surface area contributed by atoms with E-state index < -0.39 is 0 Å². The Kier molecular flexibility index (Phi) is 5.75. The lowest BCUT2D eigenvalue weighted by Crippen LogP contribution is -2.33. The number of nitrogens with zero attached hydrogens (tertiary/aromatic N) is 2. The molecular weight excluding hydrogens is 348 g/mol. The van der Waals surface area contributed by atoms with Gasteiger partial charge in [0.2, 0.25) is 0 Å². The van der Waals surface area contributed by atoms with Gasteiger partial charge in [-0.3, -0.25) is 4.79 Å². The fourth-order valence-electron chi connectivity index (χ4n) is 4.30. The summed E-state index contributed by atoms with van der Waals surface area (Å²) in [5.41, 5.74) is 4.94. The van der Waals surface area contributed by atoms with Gasteiger partial charge in [-0.15, -0.1) is 0 Å². The first kappa shape index (κ1) is 18.7. The molecule has 0 spiro atoms. The van der Waals surface area contributed by atoms with E-state index in [0.29, 0.717) is 25.7 Å². The number of carbonyl (C=O) groups is 1. The summed E-state index contributed by atoms with van der Waals surface area (Å²) in [4.78, 5) is 19.4. The number of amidine groups is 1. The van der Waals surface area contributed by atoms with Crippen molar-refractivity contribution in [2.24, 2.45) is 10.9 Å². The van der Waals surface area contributed by atoms with Crippen molar-refractivity contribution >= 4 is 11.9 Å². The van der Waals surface area contributed by atoms with E-state index in [1.165, 1.54) is 28.7 Å². The molecule has 1 aliphatic carbocycles. The van der Waals surface area contributed by atoms with E-state index in [9.17, 15) is 4.79 Å². The zero-order chi connectivity index (χ0) is 19.3. The topological polar surface area (TPSA) is 41.9 Å². The Balaban J connectivity index is 1.68. The highest BCUT2D eigenvalue weighted by Gasteiger charge is 2.26. The second-order valence-electron chi connectivity index (χ2n) is 7.67. The molecule has 1 saturated carbocycles. The Morgan fingerprint density at radius 3 is 2.11 bits per heavy atom. The number of ether oxygens (including phenoxy) is 1. The second kappa shape index (κ2) is 8.59. The molecule has 0 radical (unpaired) electrons. The predicted molar refractivity (Wildman–Crippen MR) is 112 cm³/mol. The Labute approximate surface area is 167 Å². The highest BCUT2D eigenvalue weighted by molar-refractivity contribution is 5.92. The van der Waals surface area contributed by atoms with Gasteiger partial charge in [0.25, 0.3) is 11.9 Å². The monoisotopic (exact) mass is 376 g/mol. The third-order valence-corrected chi connectivity index (χ3v) is 5.75. The van der Waals surface area contributed by atoms with Gasteiger partial charge in [0, 0.05) is 19.0 Å². The van der Waals surface area contributed by atoms with Gasteiger partial charge in [0.15, 0.2) is 0 Å².